The van der Waals surface area contributed by atoms with E-state index in [-0.39, 0.29) is 11.8 Å². The van der Waals surface area contributed by atoms with E-state index in [4.69, 9.17) is 9.97 Å². The summed E-state index contributed by atoms with van der Waals surface area (Å²) in [5.74, 6) is 0.448. The van der Waals surface area contributed by atoms with E-state index in [0.29, 0.717) is 0 Å². The number of aromatic nitrogens is 2. The van der Waals surface area contributed by atoms with Gasteiger partial charge in [-0.2, -0.15) is 0 Å². The minimum absolute atomic E-state index is 0.211. The summed E-state index contributed by atoms with van der Waals surface area (Å²) >= 11 is 0. The van der Waals surface area contributed by atoms with Crippen molar-refractivity contribution in [3.8, 4) is 0 Å². The van der Waals surface area contributed by atoms with Crippen LogP contribution in [0.25, 0.3) is 11.1 Å². The van der Waals surface area contributed by atoms with Gasteiger partial charge in [0.05, 0.1) is 5.69 Å². The number of hydrogen-bond acceptors (Lipinski definition) is 2. The zero-order chi connectivity index (χ0) is 18.8. The molecule has 2 atom stereocenters. The van der Waals surface area contributed by atoms with Crippen LogP contribution in [0.15, 0.2) is 109 Å². The van der Waals surface area contributed by atoms with Gasteiger partial charge in [0, 0.05) is 29.9 Å². The molecule has 28 heavy (non-hydrogen) atoms. The van der Waals surface area contributed by atoms with Crippen molar-refractivity contribution in [3.63, 3.8) is 0 Å². The van der Waals surface area contributed by atoms with Gasteiger partial charge in [-0.15, -0.1) is 0 Å². The Balaban J connectivity index is 1.77. The molecule has 0 N–H and O–H groups in total. The third kappa shape index (κ3) is 2.84. The van der Waals surface area contributed by atoms with Gasteiger partial charge in [0.25, 0.3) is 0 Å². The van der Waals surface area contributed by atoms with Crippen molar-refractivity contribution in [1.29, 1.82) is 0 Å². The van der Waals surface area contributed by atoms with E-state index < -0.39 is 0 Å². The molecule has 134 valence electrons. The van der Waals surface area contributed by atoms with E-state index in [1.165, 1.54) is 22.3 Å². The molecule has 2 nitrogen and oxygen atoms in total. The van der Waals surface area contributed by atoms with Crippen molar-refractivity contribution in [2.75, 3.05) is 0 Å². The van der Waals surface area contributed by atoms with Gasteiger partial charge in [0.2, 0.25) is 0 Å². The second-order valence-corrected chi connectivity index (χ2v) is 7.03. The normalized spacial score (nSPS) is 18.6. The summed E-state index contributed by atoms with van der Waals surface area (Å²) in [6, 6.07) is 33.7. The topological polar surface area (TPSA) is 25.8 Å². The molecule has 2 heteroatoms. The first-order chi connectivity index (χ1) is 13.9. The fraction of sp³-hybridized carbons (Fsp3) is 0.0769. The molecule has 0 saturated heterocycles. The largest absolute Gasteiger partial charge is 0.261 e. The zero-order valence-corrected chi connectivity index (χ0v) is 15.4. The molecular formula is C26H20N2. The molecule has 0 spiro atoms. The van der Waals surface area contributed by atoms with E-state index in [1.54, 1.807) is 0 Å². The van der Waals surface area contributed by atoms with E-state index in [9.17, 15) is 0 Å². The molecule has 0 fully saturated rings. The smallest absolute Gasteiger partial charge is 0.0671 e. The van der Waals surface area contributed by atoms with Crippen LogP contribution in [0.4, 0.5) is 0 Å². The van der Waals surface area contributed by atoms with E-state index in [0.717, 1.165) is 11.4 Å². The highest BCUT2D eigenvalue weighted by Crippen LogP contribution is 2.60. The molecule has 0 amide bonds. The highest BCUT2D eigenvalue weighted by molar-refractivity contribution is 6.03. The Morgan fingerprint density at radius 1 is 0.500 bits per heavy atom. The maximum absolute atomic E-state index is 4.73. The summed E-state index contributed by atoms with van der Waals surface area (Å²) in [5.41, 5.74) is 7.32. The van der Waals surface area contributed by atoms with Gasteiger partial charge in [-0.1, -0.05) is 72.8 Å². The Bertz CT molecular complexity index is 997. The van der Waals surface area contributed by atoms with Gasteiger partial charge in [-0.25, -0.2) is 0 Å². The van der Waals surface area contributed by atoms with Crippen LogP contribution in [-0.2, 0) is 0 Å². The summed E-state index contributed by atoms with van der Waals surface area (Å²) in [6.07, 6.45) is 3.76. The van der Waals surface area contributed by atoms with Crippen LogP contribution in [0.1, 0.15) is 34.4 Å². The molecule has 2 heterocycles. The van der Waals surface area contributed by atoms with E-state index in [2.05, 4.69) is 84.9 Å². The Kier molecular flexibility index (Phi) is 4.30. The summed E-state index contributed by atoms with van der Waals surface area (Å²) in [7, 11) is 0. The van der Waals surface area contributed by atoms with E-state index >= 15 is 0 Å². The van der Waals surface area contributed by atoms with Crippen molar-refractivity contribution in [2.45, 2.75) is 11.8 Å². The summed E-state index contributed by atoms with van der Waals surface area (Å²) in [5, 5.41) is 0. The van der Waals surface area contributed by atoms with Gasteiger partial charge in [0.1, 0.15) is 0 Å². The lowest BCUT2D eigenvalue weighted by Gasteiger charge is -2.42. The highest BCUT2D eigenvalue weighted by atomic mass is 14.7. The fourth-order valence-corrected chi connectivity index (χ4v) is 4.24. The van der Waals surface area contributed by atoms with Crippen molar-refractivity contribution >= 4 is 11.1 Å². The Hall–Kier alpha value is -3.52. The molecule has 2 aromatic heterocycles. The second-order valence-electron chi connectivity index (χ2n) is 7.03. The highest BCUT2D eigenvalue weighted by Gasteiger charge is 2.44. The van der Waals surface area contributed by atoms with Crippen molar-refractivity contribution in [2.24, 2.45) is 0 Å². The van der Waals surface area contributed by atoms with Crippen LogP contribution in [0, 0.1) is 0 Å². The van der Waals surface area contributed by atoms with Gasteiger partial charge in [-0.3, -0.25) is 9.97 Å². The van der Waals surface area contributed by atoms with Crippen molar-refractivity contribution in [3.05, 3.63) is 132 Å². The predicted molar refractivity (Wildman–Crippen MR) is 114 cm³/mol. The minimum Gasteiger partial charge on any atom is -0.261 e. The maximum atomic E-state index is 4.73. The number of allylic oxidation sites excluding steroid dienone is 2. The maximum Gasteiger partial charge on any atom is 0.0671 e. The predicted octanol–water partition coefficient (Wildman–Crippen LogP) is 5.97. The summed E-state index contributed by atoms with van der Waals surface area (Å²) in [4.78, 5) is 9.43. The molecule has 0 bridgehead atoms. The first kappa shape index (κ1) is 16.6. The number of benzene rings is 2. The monoisotopic (exact) mass is 360 g/mol. The van der Waals surface area contributed by atoms with Crippen LogP contribution in [0.3, 0.4) is 0 Å². The van der Waals surface area contributed by atoms with Crippen molar-refractivity contribution in [1.82, 2.24) is 9.97 Å². The molecule has 4 aromatic rings. The number of rotatable bonds is 4. The quantitative estimate of drug-likeness (QED) is 0.448. The van der Waals surface area contributed by atoms with Crippen LogP contribution in [0.5, 0.6) is 0 Å². The average Bonchev–Trinajstić information content (AvgIpc) is 2.76. The molecular weight excluding hydrogens is 340 g/mol. The lowest BCUT2D eigenvalue weighted by molar-refractivity contribution is 0.696. The number of hydrogen-bond donors (Lipinski definition) is 0. The second kappa shape index (κ2) is 7.24. The first-order valence-corrected chi connectivity index (χ1v) is 9.60. The zero-order valence-electron chi connectivity index (χ0n) is 15.4. The molecule has 1 aliphatic rings. The third-order valence-corrected chi connectivity index (χ3v) is 5.44. The fourth-order valence-electron chi connectivity index (χ4n) is 4.24. The molecule has 0 unspecified atom stereocenters. The molecule has 5 rings (SSSR count). The lowest BCUT2D eigenvalue weighted by atomic mass is 9.60. The average molecular weight is 360 g/mol. The van der Waals surface area contributed by atoms with Crippen LogP contribution >= 0.6 is 0 Å². The molecule has 0 radical (unpaired) electrons. The Morgan fingerprint density at radius 3 is 1.79 bits per heavy atom. The van der Waals surface area contributed by atoms with E-state index in [1.807, 2.05) is 24.5 Å². The molecule has 0 saturated carbocycles. The third-order valence-electron chi connectivity index (χ3n) is 5.44. The lowest BCUT2D eigenvalue weighted by Crippen LogP contribution is -2.27. The van der Waals surface area contributed by atoms with Crippen LogP contribution < -0.4 is 0 Å². The molecule has 1 aliphatic carbocycles. The molecule has 2 aromatic carbocycles. The minimum atomic E-state index is 0.211. The van der Waals surface area contributed by atoms with Crippen LogP contribution in [0.2, 0.25) is 0 Å². The number of nitrogens with zero attached hydrogens (tertiary/aromatic N) is 2. The van der Waals surface area contributed by atoms with Crippen molar-refractivity contribution < 1.29 is 0 Å². The van der Waals surface area contributed by atoms with Gasteiger partial charge < -0.3 is 0 Å². The standard InChI is InChI=1S/C26H20N2/c1-3-11-19(12-4-1)23-25(21-15-7-9-17-27-21)24(20-13-5-2-6-14-20)26(23)22-16-8-10-18-28-22/h1-18,23,25H/t23-,25-/m1/s1. The van der Waals surface area contributed by atoms with Gasteiger partial charge in [-0.05, 0) is 46.5 Å². The summed E-state index contributed by atoms with van der Waals surface area (Å²) in [6.45, 7) is 0. The van der Waals surface area contributed by atoms with Crippen LogP contribution in [-0.4, -0.2) is 9.97 Å². The summed E-state index contributed by atoms with van der Waals surface area (Å²) < 4.78 is 0. The Morgan fingerprint density at radius 2 is 1.14 bits per heavy atom. The first-order valence-electron chi connectivity index (χ1n) is 9.60. The molecule has 0 aliphatic heterocycles. The van der Waals surface area contributed by atoms with Gasteiger partial charge >= 0.3 is 0 Å². The van der Waals surface area contributed by atoms with Gasteiger partial charge in [0.15, 0.2) is 0 Å². The number of pyridine rings is 2. The SMILES string of the molecule is c1ccc(C2=C(c3ccccn3)[C@H](c3ccccc3)[C@H]2c2ccccn2)cc1. The Labute approximate surface area is 165 Å².